The molecule has 0 atom stereocenters. The van der Waals surface area contributed by atoms with Crippen molar-refractivity contribution in [2.75, 3.05) is 5.32 Å². The van der Waals surface area contributed by atoms with Crippen LogP contribution in [0.25, 0.3) is 0 Å². The van der Waals surface area contributed by atoms with Gasteiger partial charge in [-0.2, -0.15) is 0 Å². The molecule has 2 rings (SSSR count). The van der Waals surface area contributed by atoms with E-state index in [1.165, 1.54) is 6.92 Å². The van der Waals surface area contributed by atoms with Crippen LogP contribution in [0.2, 0.25) is 0 Å². The molecule has 1 aliphatic rings. The van der Waals surface area contributed by atoms with Crippen molar-refractivity contribution in [2.24, 2.45) is 0 Å². The fraction of sp³-hybridized carbons (Fsp3) is 0.200. The first kappa shape index (κ1) is 12.1. The quantitative estimate of drug-likeness (QED) is 0.843. The van der Waals surface area contributed by atoms with Gasteiger partial charge in [-0.15, -0.1) is 8.78 Å². The second kappa shape index (κ2) is 3.83. The number of anilines is 1. The average molecular weight is 259 g/mol. The van der Waals surface area contributed by atoms with Gasteiger partial charge >= 0.3 is 12.3 Å². The van der Waals surface area contributed by atoms with E-state index in [2.05, 4.69) is 14.8 Å². The van der Waals surface area contributed by atoms with Gasteiger partial charge in [0.1, 0.15) is 5.56 Å². The van der Waals surface area contributed by atoms with Crippen LogP contribution in [-0.4, -0.2) is 23.3 Å². The lowest BCUT2D eigenvalue weighted by molar-refractivity contribution is -0.286. The van der Waals surface area contributed by atoms with Crippen molar-refractivity contribution in [1.82, 2.24) is 0 Å². The number of halogens is 2. The summed E-state index contributed by atoms with van der Waals surface area (Å²) < 4.78 is 33.9. The predicted molar refractivity (Wildman–Crippen MR) is 53.9 cm³/mol. The third-order valence-electron chi connectivity index (χ3n) is 2.06. The highest BCUT2D eigenvalue weighted by atomic mass is 19.3. The van der Waals surface area contributed by atoms with E-state index in [0.29, 0.717) is 0 Å². The van der Waals surface area contributed by atoms with Gasteiger partial charge in [0.2, 0.25) is 5.91 Å². The van der Waals surface area contributed by atoms with Crippen LogP contribution >= 0.6 is 0 Å². The van der Waals surface area contributed by atoms with Gasteiger partial charge in [-0.25, -0.2) is 4.79 Å². The fourth-order valence-corrected chi connectivity index (χ4v) is 1.49. The summed E-state index contributed by atoms with van der Waals surface area (Å²) in [7, 11) is 0. The average Bonchev–Trinajstić information content (AvgIpc) is 2.49. The fourth-order valence-electron chi connectivity index (χ4n) is 1.49. The van der Waals surface area contributed by atoms with Gasteiger partial charge in [-0.3, -0.25) is 4.79 Å². The third kappa shape index (κ3) is 2.17. The molecular formula is C10H7F2NO5. The Morgan fingerprint density at radius 2 is 2.00 bits per heavy atom. The molecule has 0 saturated carbocycles. The number of benzene rings is 1. The number of ether oxygens (including phenoxy) is 2. The van der Waals surface area contributed by atoms with Crippen molar-refractivity contribution >= 4 is 17.6 Å². The van der Waals surface area contributed by atoms with Crippen molar-refractivity contribution in [1.29, 1.82) is 0 Å². The molecule has 8 heteroatoms. The molecule has 0 saturated heterocycles. The molecule has 0 bridgehead atoms. The van der Waals surface area contributed by atoms with Crippen LogP contribution < -0.4 is 14.8 Å². The van der Waals surface area contributed by atoms with Crippen molar-refractivity contribution in [3.63, 3.8) is 0 Å². The zero-order valence-corrected chi connectivity index (χ0v) is 8.99. The van der Waals surface area contributed by atoms with Crippen LogP contribution in [0.15, 0.2) is 12.1 Å². The van der Waals surface area contributed by atoms with Gasteiger partial charge < -0.3 is 19.9 Å². The Hall–Kier alpha value is -2.38. The highest BCUT2D eigenvalue weighted by Crippen LogP contribution is 2.45. The summed E-state index contributed by atoms with van der Waals surface area (Å²) in [6, 6.07) is 2.07. The van der Waals surface area contributed by atoms with Crippen LogP contribution in [0.4, 0.5) is 14.5 Å². The Balaban J connectivity index is 2.50. The zero-order chi connectivity index (χ0) is 13.5. The van der Waals surface area contributed by atoms with Crippen LogP contribution in [0, 0.1) is 0 Å². The number of hydrogen-bond donors (Lipinski definition) is 2. The van der Waals surface area contributed by atoms with Gasteiger partial charge in [0.25, 0.3) is 0 Å². The molecule has 0 aliphatic carbocycles. The summed E-state index contributed by atoms with van der Waals surface area (Å²) in [6.07, 6.45) is -3.92. The number of carboxylic acid groups (broad SMARTS) is 1. The number of carboxylic acids is 1. The second-order valence-corrected chi connectivity index (χ2v) is 3.50. The molecule has 2 N–H and O–H groups in total. The zero-order valence-electron chi connectivity index (χ0n) is 8.99. The number of carbonyl (C=O) groups excluding carboxylic acids is 1. The number of aromatic carboxylic acids is 1. The largest absolute Gasteiger partial charge is 0.586 e. The topological polar surface area (TPSA) is 84.9 Å². The molecule has 1 aromatic carbocycles. The van der Waals surface area contributed by atoms with Crippen LogP contribution in [0.5, 0.6) is 11.5 Å². The van der Waals surface area contributed by atoms with E-state index in [4.69, 9.17) is 5.11 Å². The molecule has 0 fully saturated rings. The van der Waals surface area contributed by atoms with Gasteiger partial charge in [-0.05, 0) is 6.07 Å². The van der Waals surface area contributed by atoms with Crippen LogP contribution in [-0.2, 0) is 4.79 Å². The van der Waals surface area contributed by atoms with Gasteiger partial charge in [-0.1, -0.05) is 0 Å². The van der Waals surface area contributed by atoms with Gasteiger partial charge in [0.15, 0.2) is 11.5 Å². The monoisotopic (exact) mass is 259 g/mol. The minimum atomic E-state index is -3.92. The van der Waals surface area contributed by atoms with E-state index in [1.807, 2.05) is 0 Å². The van der Waals surface area contributed by atoms with Crippen molar-refractivity contribution < 1.29 is 33.0 Å². The molecular weight excluding hydrogens is 252 g/mol. The Bertz CT molecular complexity index is 543. The first-order valence-corrected chi connectivity index (χ1v) is 4.73. The summed E-state index contributed by atoms with van der Waals surface area (Å²) in [4.78, 5) is 21.8. The molecule has 0 unspecified atom stereocenters. The summed E-state index contributed by atoms with van der Waals surface area (Å²) in [5.74, 6) is -2.96. The van der Waals surface area contributed by atoms with E-state index in [-0.39, 0.29) is 5.69 Å². The molecule has 1 aromatic rings. The lowest BCUT2D eigenvalue weighted by Crippen LogP contribution is -2.26. The number of alkyl halides is 2. The molecule has 0 spiro atoms. The minimum absolute atomic E-state index is 0.0277. The van der Waals surface area contributed by atoms with Crippen LogP contribution in [0.1, 0.15) is 17.3 Å². The molecule has 1 amide bonds. The Morgan fingerprint density at radius 1 is 1.33 bits per heavy atom. The third-order valence-corrected chi connectivity index (χ3v) is 2.06. The first-order valence-electron chi connectivity index (χ1n) is 4.73. The van der Waals surface area contributed by atoms with Crippen molar-refractivity contribution in [2.45, 2.75) is 13.2 Å². The highest BCUT2D eigenvalue weighted by Gasteiger charge is 2.45. The van der Waals surface area contributed by atoms with E-state index in [1.54, 1.807) is 0 Å². The SMILES string of the molecule is CC(=O)Nc1cc2c(c(C(=O)O)c1)OC(F)(F)O2. The maximum Gasteiger partial charge on any atom is 0.586 e. The van der Waals surface area contributed by atoms with Crippen LogP contribution in [0.3, 0.4) is 0 Å². The number of fused-ring (bicyclic) bond motifs is 1. The Morgan fingerprint density at radius 3 is 2.56 bits per heavy atom. The summed E-state index contributed by atoms with van der Waals surface area (Å²) >= 11 is 0. The lowest BCUT2D eigenvalue weighted by Gasteiger charge is -2.06. The molecule has 1 aliphatic heterocycles. The smallest absolute Gasteiger partial charge is 0.478 e. The molecule has 0 aromatic heterocycles. The maximum atomic E-state index is 12.8. The van der Waals surface area contributed by atoms with Gasteiger partial charge in [0.05, 0.1) is 0 Å². The van der Waals surface area contributed by atoms with E-state index >= 15 is 0 Å². The van der Waals surface area contributed by atoms with Gasteiger partial charge in [0, 0.05) is 18.7 Å². The first-order chi connectivity index (χ1) is 8.28. The standard InChI is InChI=1S/C10H7F2NO5/c1-4(14)13-5-2-6(9(15)16)8-7(3-5)17-10(11,12)18-8/h2-3H,1H3,(H,13,14)(H,15,16). The Labute approximate surface area is 99.1 Å². The minimum Gasteiger partial charge on any atom is -0.478 e. The Kier molecular flexibility index (Phi) is 2.57. The maximum absolute atomic E-state index is 12.8. The van der Waals surface area contributed by atoms with E-state index in [0.717, 1.165) is 12.1 Å². The molecule has 96 valence electrons. The summed E-state index contributed by atoms with van der Waals surface area (Å²) in [6.45, 7) is 1.19. The number of carbonyl (C=O) groups is 2. The molecule has 0 radical (unpaired) electrons. The number of rotatable bonds is 2. The summed E-state index contributed by atoms with van der Waals surface area (Å²) in [5.41, 5.74) is -0.492. The van der Waals surface area contributed by atoms with Crippen molar-refractivity contribution in [3.8, 4) is 11.5 Å². The number of hydrogen-bond acceptors (Lipinski definition) is 4. The lowest BCUT2D eigenvalue weighted by atomic mass is 10.1. The van der Waals surface area contributed by atoms with Crippen molar-refractivity contribution in [3.05, 3.63) is 17.7 Å². The number of amides is 1. The highest BCUT2D eigenvalue weighted by molar-refractivity contribution is 5.96. The predicted octanol–water partition coefficient (Wildman–Crippen LogP) is 1.66. The molecule has 1 heterocycles. The number of nitrogens with one attached hydrogen (secondary N) is 1. The second-order valence-electron chi connectivity index (χ2n) is 3.50. The van der Waals surface area contributed by atoms with E-state index in [9.17, 15) is 18.4 Å². The molecule has 6 nitrogen and oxygen atoms in total. The molecule has 18 heavy (non-hydrogen) atoms. The van der Waals surface area contributed by atoms with E-state index < -0.39 is 35.2 Å². The summed E-state index contributed by atoms with van der Waals surface area (Å²) in [5, 5.41) is 11.2. The normalized spacial score (nSPS) is 15.3.